The van der Waals surface area contributed by atoms with Crippen molar-refractivity contribution in [3.63, 3.8) is 0 Å². The third kappa shape index (κ3) is 2.24. The van der Waals surface area contributed by atoms with Gasteiger partial charge in [0.1, 0.15) is 11.5 Å². The normalized spacial score (nSPS) is 35.2. The van der Waals surface area contributed by atoms with Crippen molar-refractivity contribution < 1.29 is 14.3 Å². The Morgan fingerprint density at radius 1 is 1.22 bits per heavy atom. The number of benzene rings is 1. The molecule has 1 aromatic rings. The lowest BCUT2D eigenvalue weighted by Gasteiger charge is -2.48. The van der Waals surface area contributed by atoms with Crippen molar-refractivity contribution >= 4 is 11.8 Å². The van der Waals surface area contributed by atoms with Gasteiger partial charge < -0.3 is 4.74 Å². The third-order valence-corrected chi connectivity index (χ3v) is 6.67. The monoisotopic (exact) mass is 312 g/mol. The summed E-state index contributed by atoms with van der Waals surface area (Å²) in [7, 11) is 0. The number of ether oxygens (including phenoxy) is 1. The van der Waals surface area contributed by atoms with Gasteiger partial charge >= 0.3 is 5.97 Å². The molecule has 0 aromatic heterocycles. The van der Waals surface area contributed by atoms with Crippen molar-refractivity contribution in [3.8, 4) is 5.75 Å². The van der Waals surface area contributed by atoms with Gasteiger partial charge in [-0.15, -0.1) is 0 Å². The number of hydrogen-bond acceptors (Lipinski definition) is 3. The van der Waals surface area contributed by atoms with Crippen LogP contribution in [0.2, 0.25) is 0 Å². The maximum absolute atomic E-state index is 12.3. The van der Waals surface area contributed by atoms with E-state index in [0.29, 0.717) is 29.3 Å². The quantitative estimate of drug-likeness (QED) is 0.580. The first-order valence-electron chi connectivity index (χ1n) is 8.83. The van der Waals surface area contributed by atoms with Gasteiger partial charge in [0, 0.05) is 18.8 Å². The molecule has 0 amide bonds. The molecule has 0 saturated heterocycles. The van der Waals surface area contributed by atoms with Gasteiger partial charge in [-0.1, -0.05) is 13.0 Å². The molecule has 0 unspecified atom stereocenters. The number of rotatable bonds is 1. The summed E-state index contributed by atoms with van der Waals surface area (Å²) in [5.74, 6) is 2.68. The van der Waals surface area contributed by atoms with Gasteiger partial charge in [0.15, 0.2) is 0 Å². The first kappa shape index (κ1) is 14.9. The van der Waals surface area contributed by atoms with E-state index in [4.69, 9.17) is 4.74 Å². The molecule has 0 heterocycles. The van der Waals surface area contributed by atoms with Crippen LogP contribution in [0.25, 0.3) is 0 Å². The minimum absolute atomic E-state index is 0.0592. The van der Waals surface area contributed by atoms with Gasteiger partial charge in [0.05, 0.1) is 0 Å². The number of Topliss-reactive ketones (excluding diaryl/α,β-unsaturated/α-hetero) is 1. The van der Waals surface area contributed by atoms with Crippen LogP contribution in [-0.2, 0) is 16.0 Å². The maximum atomic E-state index is 12.3. The van der Waals surface area contributed by atoms with Crippen molar-refractivity contribution in [3.05, 3.63) is 29.3 Å². The second-order valence-electron chi connectivity index (χ2n) is 7.79. The van der Waals surface area contributed by atoms with Crippen LogP contribution in [0.1, 0.15) is 63.0 Å². The SMILES string of the molecule is CC(=O)Oc1ccc2c(c1)CC[C@@H]1[C@H]2CC[C@]2(C)C(=O)CC[C@@H]12. The molecular weight excluding hydrogens is 288 g/mol. The molecular formula is C20H24O3. The minimum Gasteiger partial charge on any atom is -0.427 e. The van der Waals surface area contributed by atoms with Gasteiger partial charge in [-0.25, -0.2) is 0 Å². The smallest absolute Gasteiger partial charge is 0.308 e. The van der Waals surface area contributed by atoms with Crippen molar-refractivity contribution in [2.24, 2.45) is 17.3 Å². The second kappa shape index (κ2) is 5.19. The molecule has 1 aromatic carbocycles. The van der Waals surface area contributed by atoms with Gasteiger partial charge in [-0.3, -0.25) is 9.59 Å². The summed E-state index contributed by atoms with van der Waals surface area (Å²) in [4.78, 5) is 23.5. The first-order chi connectivity index (χ1) is 11.0. The molecule has 2 fully saturated rings. The molecule has 0 spiro atoms. The molecule has 3 aliphatic carbocycles. The number of hydrogen-bond donors (Lipinski definition) is 0. The van der Waals surface area contributed by atoms with E-state index in [1.165, 1.54) is 18.1 Å². The molecule has 3 heteroatoms. The van der Waals surface area contributed by atoms with Gasteiger partial charge in [0.25, 0.3) is 0 Å². The largest absolute Gasteiger partial charge is 0.427 e. The van der Waals surface area contributed by atoms with E-state index < -0.39 is 0 Å². The number of esters is 1. The summed E-state index contributed by atoms with van der Waals surface area (Å²) in [6.07, 6.45) is 6.20. The van der Waals surface area contributed by atoms with Crippen molar-refractivity contribution in [1.29, 1.82) is 0 Å². The summed E-state index contributed by atoms with van der Waals surface area (Å²) in [6, 6.07) is 6.13. The Labute approximate surface area is 137 Å². The third-order valence-electron chi connectivity index (χ3n) is 6.67. The zero-order valence-electron chi connectivity index (χ0n) is 13.9. The lowest BCUT2D eigenvalue weighted by Crippen LogP contribution is -2.42. The van der Waals surface area contributed by atoms with Crippen LogP contribution >= 0.6 is 0 Å². The molecule has 0 aliphatic heterocycles. The van der Waals surface area contributed by atoms with Crippen molar-refractivity contribution in [2.45, 2.75) is 58.3 Å². The first-order valence-corrected chi connectivity index (χ1v) is 8.83. The highest BCUT2D eigenvalue weighted by molar-refractivity contribution is 5.87. The fraction of sp³-hybridized carbons (Fsp3) is 0.600. The van der Waals surface area contributed by atoms with E-state index in [2.05, 4.69) is 13.0 Å². The Kier molecular flexibility index (Phi) is 3.36. The Bertz CT molecular complexity index is 677. The molecule has 2 saturated carbocycles. The van der Waals surface area contributed by atoms with E-state index in [-0.39, 0.29) is 11.4 Å². The molecule has 0 radical (unpaired) electrons. The van der Waals surface area contributed by atoms with Crippen LogP contribution in [0.4, 0.5) is 0 Å². The average molecular weight is 312 g/mol. The number of ketones is 1. The zero-order valence-corrected chi connectivity index (χ0v) is 13.9. The van der Waals surface area contributed by atoms with Crippen molar-refractivity contribution in [1.82, 2.24) is 0 Å². The molecule has 122 valence electrons. The molecule has 0 bridgehead atoms. The van der Waals surface area contributed by atoms with Gasteiger partial charge in [0.2, 0.25) is 0 Å². The van der Waals surface area contributed by atoms with Crippen LogP contribution in [0.15, 0.2) is 18.2 Å². The van der Waals surface area contributed by atoms with Crippen LogP contribution in [0.3, 0.4) is 0 Å². The molecule has 3 nitrogen and oxygen atoms in total. The Morgan fingerprint density at radius 2 is 2.04 bits per heavy atom. The predicted octanol–water partition coefficient (Wildman–Crippen LogP) is 4.04. The highest BCUT2D eigenvalue weighted by atomic mass is 16.5. The fourth-order valence-corrected chi connectivity index (χ4v) is 5.56. The average Bonchev–Trinajstić information content (AvgIpc) is 2.82. The molecule has 23 heavy (non-hydrogen) atoms. The summed E-state index contributed by atoms with van der Waals surface area (Å²) in [6.45, 7) is 3.65. The number of fused-ring (bicyclic) bond motifs is 5. The van der Waals surface area contributed by atoms with E-state index in [1.54, 1.807) is 0 Å². The summed E-state index contributed by atoms with van der Waals surface area (Å²) in [5, 5.41) is 0. The molecule has 4 rings (SSSR count). The molecule has 4 atom stereocenters. The van der Waals surface area contributed by atoms with E-state index in [9.17, 15) is 9.59 Å². The lowest BCUT2D eigenvalue weighted by molar-refractivity contribution is -0.132. The second-order valence-corrected chi connectivity index (χ2v) is 7.79. The van der Waals surface area contributed by atoms with E-state index in [0.717, 1.165) is 38.5 Å². The molecule has 3 aliphatic rings. The van der Waals surface area contributed by atoms with Crippen LogP contribution in [0.5, 0.6) is 5.75 Å². The topological polar surface area (TPSA) is 43.4 Å². The Hall–Kier alpha value is -1.64. The van der Waals surface area contributed by atoms with E-state index in [1.807, 2.05) is 12.1 Å². The number of aryl methyl sites for hydroxylation is 1. The zero-order chi connectivity index (χ0) is 16.2. The highest BCUT2D eigenvalue weighted by Gasteiger charge is 2.54. The predicted molar refractivity (Wildman–Crippen MR) is 87.4 cm³/mol. The minimum atomic E-state index is -0.267. The highest BCUT2D eigenvalue weighted by Crippen LogP contribution is 2.59. The Morgan fingerprint density at radius 3 is 2.83 bits per heavy atom. The van der Waals surface area contributed by atoms with Crippen LogP contribution < -0.4 is 4.74 Å². The summed E-state index contributed by atoms with van der Waals surface area (Å²) >= 11 is 0. The van der Waals surface area contributed by atoms with Crippen LogP contribution in [0, 0.1) is 17.3 Å². The maximum Gasteiger partial charge on any atom is 0.308 e. The summed E-state index contributed by atoms with van der Waals surface area (Å²) < 4.78 is 5.23. The summed E-state index contributed by atoms with van der Waals surface area (Å²) in [5.41, 5.74) is 2.70. The number of carbonyl (C=O) groups excluding carboxylic acids is 2. The van der Waals surface area contributed by atoms with Crippen molar-refractivity contribution in [2.75, 3.05) is 0 Å². The fourth-order valence-electron chi connectivity index (χ4n) is 5.56. The van der Waals surface area contributed by atoms with Gasteiger partial charge in [-0.05, 0) is 73.1 Å². The Balaban J connectivity index is 1.65. The van der Waals surface area contributed by atoms with E-state index >= 15 is 0 Å². The van der Waals surface area contributed by atoms with Crippen LogP contribution in [-0.4, -0.2) is 11.8 Å². The molecule has 0 N–H and O–H groups in total. The lowest BCUT2D eigenvalue weighted by atomic mass is 9.55. The standard InChI is InChI=1S/C20H24O3/c1-12(21)23-14-4-6-15-13(11-14)3-5-17-16(15)9-10-20(2)18(17)7-8-19(20)22/h4,6,11,16-18H,3,5,7-10H2,1-2H3/t16-,17+,18-,20-/m0/s1. The number of carbonyl (C=O) groups is 2. The van der Waals surface area contributed by atoms with Gasteiger partial charge in [-0.2, -0.15) is 0 Å².